The number of ether oxygens (including phenoxy) is 2. The van der Waals surface area contributed by atoms with E-state index in [9.17, 15) is 9.59 Å². The smallest absolute Gasteiger partial charge is 0.257 e. The molecule has 0 saturated carbocycles. The van der Waals surface area contributed by atoms with E-state index < -0.39 is 0 Å². The second kappa shape index (κ2) is 12.6. The highest BCUT2D eigenvalue weighted by Crippen LogP contribution is 2.16. The van der Waals surface area contributed by atoms with Gasteiger partial charge in [-0.2, -0.15) is 0 Å². The molecule has 0 saturated heterocycles. The fourth-order valence-electron chi connectivity index (χ4n) is 2.55. The van der Waals surface area contributed by atoms with Crippen molar-refractivity contribution in [2.24, 2.45) is 0 Å². The molecule has 2 rings (SSSR count). The van der Waals surface area contributed by atoms with Crippen molar-refractivity contribution in [2.75, 3.05) is 30.5 Å². The number of amides is 2. The second-order valence-electron chi connectivity index (χ2n) is 6.36. The van der Waals surface area contributed by atoms with Gasteiger partial charge in [-0.25, -0.2) is 0 Å². The van der Waals surface area contributed by atoms with Crippen LogP contribution in [0.15, 0.2) is 48.5 Å². The number of nitrogens with one attached hydrogen (secondary N) is 3. The Bertz CT molecular complexity index is 873. The monoisotopic (exact) mass is 429 g/mol. The van der Waals surface area contributed by atoms with Crippen LogP contribution in [-0.4, -0.2) is 36.7 Å². The molecule has 0 aliphatic heterocycles. The molecule has 0 aliphatic rings. The van der Waals surface area contributed by atoms with E-state index in [0.29, 0.717) is 48.9 Å². The van der Waals surface area contributed by atoms with Crippen molar-refractivity contribution in [3.05, 3.63) is 54.1 Å². The Morgan fingerprint density at radius 1 is 0.967 bits per heavy atom. The third-order valence-electron chi connectivity index (χ3n) is 3.91. The molecule has 2 aromatic rings. The van der Waals surface area contributed by atoms with Gasteiger partial charge in [-0.1, -0.05) is 19.1 Å². The summed E-state index contributed by atoms with van der Waals surface area (Å²) in [4.78, 5) is 24.2. The number of rotatable bonds is 10. The van der Waals surface area contributed by atoms with E-state index in [2.05, 4.69) is 16.0 Å². The molecule has 0 radical (unpaired) electrons. The summed E-state index contributed by atoms with van der Waals surface area (Å²) in [6.45, 7) is 5.38. The molecule has 0 fully saturated rings. The van der Waals surface area contributed by atoms with Gasteiger partial charge in [0.15, 0.2) is 5.11 Å². The number of carbonyl (C=O) groups excluding carboxylic acids is 2. The van der Waals surface area contributed by atoms with Crippen molar-refractivity contribution < 1.29 is 19.1 Å². The third kappa shape index (κ3) is 8.18. The summed E-state index contributed by atoms with van der Waals surface area (Å²) in [6, 6.07) is 14.0. The fraction of sp³-hybridized carbons (Fsp3) is 0.318. The van der Waals surface area contributed by atoms with E-state index in [-0.39, 0.29) is 16.9 Å². The Kier molecular flexibility index (Phi) is 9.76. The van der Waals surface area contributed by atoms with Crippen molar-refractivity contribution >= 4 is 40.5 Å². The van der Waals surface area contributed by atoms with Crippen molar-refractivity contribution in [1.82, 2.24) is 5.32 Å². The first-order valence-electron chi connectivity index (χ1n) is 9.84. The van der Waals surface area contributed by atoms with Gasteiger partial charge in [-0.3, -0.25) is 14.9 Å². The zero-order valence-corrected chi connectivity index (χ0v) is 18.0. The summed E-state index contributed by atoms with van der Waals surface area (Å²) >= 11 is 5.24. The lowest BCUT2D eigenvalue weighted by Crippen LogP contribution is -2.34. The molecule has 0 aliphatic carbocycles. The fourth-order valence-corrected chi connectivity index (χ4v) is 2.76. The highest BCUT2D eigenvalue weighted by Gasteiger charge is 2.10. The van der Waals surface area contributed by atoms with Gasteiger partial charge in [-0.05, 0) is 62.0 Å². The summed E-state index contributed by atoms with van der Waals surface area (Å²) in [6.07, 6.45) is 1.24. The normalized spacial score (nSPS) is 10.2. The second-order valence-corrected chi connectivity index (χ2v) is 6.77. The van der Waals surface area contributed by atoms with Gasteiger partial charge in [-0.15, -0.1) is 0 Å². The van der Waals surface area contributed by atoms with Crippen molar-refractivity contribution in [3.8, 4) is 5.75 Å². The molecule has 8 heteroatoms. The predicted molar refractivity (Wildman–Crippen MR) is 122 cm³/mol. The Morgan fingerprint density at radius 2 is 1.70 bits per heavy atom. The summed E-state index contributed by atoms with van der Waals surface area (Å²) in [5, 5.41) is 8.57. The van der Waals surface area contributed by atoms with Crippen LogP contribution in [0.3, 0.4) is 0 Å². The van der Waals surface area contributed by atoms with Gasteiger partial charge in [0.05, 0.1) is 6.61 Å². The van der Waals surface area contributed by atoms with Crippen LogP contribution >= 0.6 is 12.2 Å². The largest absolute Gasteiger partial charge is 0.491 e. The molecule has 0 spiro atoms. The molecule has 160 valence electrons. The lowest BCUT2D eigenvalue weighted by Gasteiger charge is -2.12. The van der Waals surface area contributed by atoms with Crippen LogP contribution in [0.5, 0.6) is 5.75 Å². The summed E-state index contributed by atoms with van der Waals surface area (Å²) in [5.74, 6) is 0.181. The highest BCUT2D eigenvalue weighted by atomic mass is 32.1. The SMILES string of the molecule is CCCC(=O)Nc1cccc(NC(=S)NC(=O)c2cccc(OCCOCC)c2)c1. The number of hydrogen-bond donors (Lipinski definition) is 3. The van der Waals surface area contributed by atoms with E-state index in [0.717, 1.165) is 6.42 Å². The quantitative estimate of drug-likeness (QED) is 0.391. The third-order valence-corrected chi connectivity index (χ3v) is 4.11. The molecule has 0 bridgehead atoms. The minimum atomic E-state index is -0.352. The van der Waals surface area contributed by atoms with E-state index in [1.165, 1.54) is 0 Å². The van der Waals surface area contributed by atoms with Gasteiger partial charge in [0.2, 0.25) is 5.91 Å². The van der Waals surface area contributed by atoms with Crippen LogP contribution in [0.2, 0.25) is 0 Å². The maximum absolute atomic E-state index is 12.5. The van der Waals surface area contributed by atoms with Gasteiger partial charge in [0.1, 0.15) is 12.4 Å². The van der Waals surface area contributed by atoms with Crippen molar-refractivity contribution in [3.63, 3.8) is 0 Å². The van der Waals surface area contributed by atoms with Crippen LogP contribution in [0, 0.1) is 0 Å². The number of thiocarbonyl (C=S) groups is 1. The van der Waals surface area contributed by atoms with Gasteiger partial charge in [0, 0.05) is 30.0 Å². The lowest BCUT2D eigenvalue weighted by atomic mass is 10.2. The first kappa shape index (κ1) is 23.3. The Balaban J connectivity index is 1.90. The van der Waals surface area contributed by atoms with Crippen molar-refractivity contribution in [2.45, 2.75) is 26.7 Å². The zero-order valence-electron chi connectivity index (χ0n) is 17.2. The molecule has 0 heterocycles. The van der Waals surface area contributed by atoms with Crippen LogP contribution in [0.4, 0.5) is 11.4 Å². The zero-order chi connectivity index (χ0) is 21.8. The summed E-state index contributed by atoms with van der Waals surface area (Å²) in [7, 11) is 0. The first-order valence-corrected chi connectivity index (χ1v) is 10.3. The number of anilines is 2. The van der Waals surface area contributed by atoms with Gasteiger partial charge in [0.25, 0.3) is 5.91 Å². The van der Waals surface area contributed by atoms with Crippen LogP contribution in [0.25, 0.3) is 0 Å². The molecular formula is C22H27N3O4S. The molecule has 3 N–H and O–H groups in total. The standard InChI is InChI=1S/C22H27N3O4S/c1-3-7-20(26)23-17-9-6-10-18(15-17)24-22(30)25-21(27)16-8-5-11-19(14-16)29-13-12-28-4-2/h5-6,8-11,14-15H,3-4,7,12-13H2,1-2H3,(H,23,26)(H2,24,25,27,30). The Morgan fingerprint density at radius 3 is 2.43 bits per heavy atom. The number of carbonyl (C=O) groups is 2. The molecule has 30 heavy (non-hydrogen) atoms. The highest BCUT2D eigenvalue weighted by molar-refractivity contribution is 7.80. The van der Waals surface area contributed by atoms with Crippen molar-refractivity contribution in [1.29, 1.82) is 0 Å². The molecule has 0 aromatic heterocycles. The van der Waals surface area contributed by atoms with E-state index >= 15 is 0 Å². The van der Waals surface area contributed by atoms with Gasteiger partial charge < -0.3 is 20.1 Å². The minimum absolute atomic E-state index is 0.0473. The summed E-state index contributed by atoms with van der Waals surface area (Å²) < 4.78 is 10.8. The molecule has 0 unspecified atom stereocenters. The topological polar surface area (TPSA) is 88.7 Å². The molecule has 2 amide bonds. The average Bonchev–Trinajstić information content (AvgIpc) is 2.72. The average molecular weight is 430 g/mol. The first-order chi connectivity index (χ1) is 14.5. The maximum Gasteiger partial charge on any atom is 0.257 e. The Hall–Kier alpha value is -2.97. The van der Waals surface area contributed by atoms with E-state index in [1.807, 2.05) is 13.8 Å². The van der Waals surface area contributed by atoms with E-state index in [1.54, 1.807) is 48.5 Å². The van der Waals surface area contributed by atoms with Crippen LogP contribution in [0.1, 0.15) is 37.0 Å². The predicted octanol–water partition coefficient (Wildman–Crippen LogP) is 3.97. The lowest BCUT2D eigenvalue weighted by molar-refractivity contribution is -0.116. The van der Waals surface area contributed by atoms with E-state index in [4.69, 9.17) is 21.7 Å². The Labute approximate surface area is 182 Å². The molecular weight excluding hydrogens is 402 g/mol. The molecule has 0 atom stereocenters. The summed E-state index contributed by atoms with van der Waals surface area (Å²) in [5.41, 5.74) is 1.74. The molecule has 2 aromatic carbocycles. The van der Waals surface area contributed by atoms with Gasteiger partial charge >= 0.3 is 0 Å². The molecule has 7 nitrogen and oxygen atoms in total. The minimum Gasteiger partial charge on any atom is -0.491 e. The number of benzene rings is 2. The maximum atomic E-state index is 12.5. The van der Waals surface area contributed by atoms with Crippen LogP contribution in [-0.2, 0) is 9.53 Å². The van der Waals surface area contributed by atoms with Crippen LogP contribution < -0.4 is 20.7 Å². The number of hydrogen-bond acceptors (Lipinski definition) is 5.